The Hall–Kier alpha value is -4.49. The van der Waals surface area contributed by atoms with Gasteiger partial charge in [0, 0.05) is 28.0 Å². The molecule has 3 aromatic heterocycles. The van der Waals surface area contributed by atoms with Gasteiger partial charge in [0.1, 0.15) is 17.7 Å². The van der Waals surface area contributed by atoms with E-state index in [0.717, 1.165) is 74.0 Å². The van der Waals surface area contributed by atoms with Gasteiger partial charge in [-0.3, -0.25) is 10.1 Å². The molecule has 6 aromatic rings. The highest BCUT2D eigenvalue weighted by Crippen LogP contribution is 2.35. The third kappa shape index (κ3) is 4.64. The Morgan fingerprint density at radius 2 is 1.79 bits per heavy atom. The minimum atomic E-state index is -0.603. The maximum atomic E-state index is 13.9. The Kier molecular flexibility index (Phi) is 6.35. The molecule has 1 unspecified atom stereocenters. The molecule has 0 saturated heterocycles. The molecular weight excluding hydrogens is 477 g/mol. The second-order valence-electron chi connectivity index (χ2n) is 9.56. The van der Waals surface area contributed by atoms with Crippen molar-refractivity contribution in [2.45, 2.75) is 32.4 Å². The number of hydrogen-bond acceptors (Lipinski definition) is 4. The molecule has 0 aliphatic carbocycles. The summed E-state index contributed by atoms with van der Waals surface area (Å²) in [5.74, 6) is -0.259. The highest BCUT2D eigenvalue weighted by molar-refractivity contribution is 6.01. The zero-order valence-corrected chi connectivity index (χ0v) is 21.0. The molecule has 4 N–H and O–H groups in total. The summed E-state index contributed by atoms with van der Waals surface area (Å²) >= 11 is 0. The van der Waals surface area contributed by atoms with Gasteiger partial charge in [-0.25, -0.2) is 4.39 Å². The highest BCUT2D eigenvalue weighted by Gasteiger charge is 2.15. The maximum Gasteiger partial charge on any atom is 0.124 e. The van der Waals surface area contributed by atoms with Crippen molar-refractivity contribution in [2.24, 2.45) is 0 Å². The van der Waals surface area contributed by atoms with Crippen LogP contribution in [0.25, 0.3) is 55.4 Å². The number of unbranched alkanes of at least 4 members (excludes halogenated alkanes) is 1. The van der Waals surface area contributed by atoms with Gasteiger partial charge in [0.05, 0.1) is 23.1 Å². The van der Waals surface area contributed by atoms with Crippen molar-refractivity contribution in [3.05, 3.63) is 91.0 Å². The first-order valence-electron chi connectivity index (χ1n) is 12.9. The SMILES string of the molecule is CCCCC(O)Nc1cncc(-c2ccc3[nH]nc(-c4cc5c(-c6cccc(F)c6)cccc5[nH]4)c3c2)c1. The van der Waals surface area contributed by atoms with Gasteiger partial charge in [-0.2, -0.15) is 5.10 Å². The number of aliphatic hydroxyl groups excluding tert-OH is 1. The van der Waals surface area contributed by atoms with Crippen molar-refractivity contribution in [1.82, 2.24) is 20.2 Å². The van der Waals surface area contributed by atoms with Gasteiger partial charge in [0.25, 0.3) is 0 Å². The van der Waals surface area contributed by atoms with E-state index in [1.807, 2.05) is 48.7 Å². The average molecular weight is 506 g/mol. The van der Waals surface area contributed by atoms with Gasteiger partial charge in [0.15, 0.2) is 0 Å². The van der Waals surface area contributed by atoms with E-state index in [2.05, 4.69) is 44.5 Å². The summed E-state index contributed by atoms with van der Waals surface area (Å²) in [5.41, 5.74) is 8.06. The fourth-order valence-electron chi connectivity index (χ4n) is 4.93. The van der Waals surface area contributed by atoms with Crippen molar-refractivity contribution >= 4 is 27.5 Å². The fourth-order valence-corrected chi connectivity index (χ4v) is 4.93. The number of nitrogens with zero attached hydrogens (tertiary/aromatic N) is 2. The van der Waals surface area contributed by atoms with Crippen LogP contribution in [0.15, 0.2) is 85.2 Å². The minimum Gasteiger partial charge on any atom is -0.374 e. The van der Waals surface area contributed by atoms with Crippen LogP contribution in [-0.4, -0.2) is 31.5 Å². The normalized spacial score (nSPS) is 12.3. The van der Waals surface area contributed by atoms with Crippen molar-refractivity contribution in [3.8, 4) is 33.6 Å². The summed E-state index contributed by atoms with van der Waals surface area (Å²) in [6.07, 6.45) is 5.62. The molecule has 0 bridgehead atoms. The largest absolute Gasteiger partial charge is 0.374 e. The standard InChI is InChI=1S/C31H28FN5O/c1-2-3-10-30(38)34-23-14-21(17-33-18-23)19-11-12-28-26(15-19)31(37-36-28)29-16-25-24(8-5-9-27(25)35-29)20-6-4-7-22(32)13-20/h4-9,11-18,30,34-35,38H,2-3,10H2,1H3,(H,36,37). The van der Waals surface area contributed by atoms with E-state index >= 15 is 0 Å². The molecule has 0 aliphatic rings. The predicted octanol–water partition coefficient (Wildman–Crippen LogP) is 7.50. The first-order chi connectivity index (χ1) is 18.6. The van der Waals surface area contributed by atoms with Gasteiger partial charge in [-0.05, 0) is 72.0 Å². The summed E-state index contributed by atoms with van der Waals surface area (Å²) < 4.78 is 13.9. The molecule has 0 saturated carbocycles. The van der Waals surface area contributed by atoms with E-state index in [4.69, 9.17) is 0 Å². The third-order valence-electron chi connectivity index (χ3n) is 6.85. The maximum absolute atomic E-state index is 13.9. The first kappa shape index (κ1) is 23.9. The Morgan fingerprint density at radius 1 is 0.895 bits per heavy atom. The zero-order chi connectivity index (χ0) is 26.1. The second kappa shape index (κ2) is 10.1. The molecule has 0 fully saturated rings. The van der Waals surface area contributed by atoms with E-state index in [1.165, 1.54) is 6.07 Å². The summed E-state index contributed by atoms with van der Waals surface area (Å²) in [6, 6.07) is 22.9. The molecule has 0 radical (unpaired) electrons. The lowest BCUT2D eigenvalue weighted by Gasteiger charge is -2.14. The zero-order valence-electron chi connectivity index (χ0n) is 21.0. The number of halogens is 1. The van der Waals surface area contributed by atoms with Gasteiger partial charge < -0.3 is 15.4 Å². The number of rotatable bonds is 8. The number of aliphatic hydroxyl groups is 1. The average Bonchev–Trinajstić information content (AvgIpc) is 3.55. The van der Waals surface area contributed by atoms with Crippen molar-refractivity contribution in [1.29, 1.82) is 0 Å². The van der Waals surface area contributed by atoms with Gasteiger partial charge in [-0.15, -0.1) is 0 Å². The number of hydrogen-bond donors (Lipinski definition) is 4. The number of nitrogens with one attached hydrogen (secondary N) is 3. The van der Waals surface area contributed by atoms with Crippen LogP contribution in [-0.2, 0) is 0 Å². The molecular formula is C31H28FN5O. The van der Waals surface area contributed by atoms with E-state index in [-0.39, 0.29) is 5.82 Å². The van der Waals surface area contributed by atoms with Crippen molar-refractivity contribution in [2.75, 3.05) is 5.32 Å². The molecule has 6 nitrogen and oxygen atoms in total. The van der Waals surface area contributed by atoms with Crippen LogP contribution in [0.3, 0.4) is 0 Å². The van der Waals surface area contributed by atoms with Crippen LogP contribution < -0.4 is 5.32 Å². The first-order valence-corrected chi connectivity index (χ1v) is 12.9. The van der Waals surface area contributed by atoms with Crippen LogP contribution in [0, 0.1) is 5.82 Å². The lowest BCUT2D eigenvalue weighted by Crippen LogP contribution is -2.18. The molecule has 38 heavy (non-hydrogen) atoms. The van der Waals surface area contributed by atoms with Gasteiger partial charge >= 0.3 is 0 Å². The topological polar surface area (TPSA) is 89.6 Å². The molecule has 1 atom stereocenters. The molecule has 0 amide bonds. The lowest BCUT2D eigenvalue weighted by atomic mass is 10.0. The van der Waals surface area contributed by atoms with Crippen molar-refractivity contribution in [3.63, 3.8) is 0 Å². The molecule has 3 aromatic carbocycles. The third-order valence-corrected chi connectivity index (χ3v) is 6.85. The molecule has 190 valence electrons. The fraction of sp³-hybridized carbons (Fsp3) is 0.161. The smallest absolute Gasteiger partial charge is 0.124 e. The summed E-state index contributed by atoms with van der Waals surface area (Å²) in [5, 5.41) is 23.1. The molecule has 3 heterocycles. The van der Waals surface area contributed by atoms with E-state index in [1.54, 1.807) is 18.3 Å². The van der Waals surface area contributed by atoms with Crippen LogP contribution in [0.1, 0.15) is 26.2 Å². The summed E-state index contributed by atoms with van der Waals surface area (Å²) in [6.45, 7) is 2.11. The van der Waals surface area contributed by atoms with Crippen molar-refractivity contribution < 1.29 is 9.50 Å². The molecule has 0 aliphatic heterocycles. The number of aromatic nitrogens is 4. The van der Waals surface area contributed by atoms with E-state index < -0.39 is 6.23 Å². The van der Waals surface area contributed by atoms with Crippen LogP contribution in [0.4, 0.5) is 10.1 Å². The van der Waals surface area contributed by atoms with Crippen LogP contribution in [0.5, 0.6) is 0 Å². The molecule has 6 rings (SSSR count). The number of fused-ring (bicyclic) bond motifs is 2. The highest BCUT2D eigenvalue weighted by atomic mass is 19.1. The quantitative estimate of drug-likeness (QED) is 0.161. The Labute approximate surface area is 219 Å². The Morgan fingerprint density at radius 3 is 2.66 bits per heavy atom. The monoisotopic (exact) mass is 505 g/mol. The Balaban J connectivity index is 1.37. The molecule has 7 heteroatoms. The minimum absolute atomic E-state index is 0.259. The van der Waals surface area contributed by atoms with E-state index in [0.29, 0.717) is 6.42 Å². The summed E-state index contributed by atoms with van der Waals surface area (Å²) in [7, 11) is 0. The number of benzene rings is 3. The van der Waals surface area contributed by atoms with Crippen LogP contribution >= 0.6 is 0 Å². The molecule has 0 spiro atoms. The second-order valence-corrected chi connectivity index (χ2v) is 9.56. The number of pyridine rings is 1. The van der Waals surface area contributed by atoms with Gasteiger partial charge in [0.2, 0.25) is 0 Å². The Bertz CT molecular complexity index is 1740. The van der Waals surface area contributed by atoms with Crippen LogP contribution in [0.2, 0.25) is 0 Å². The number of aromatic amines is 2. The number of anilines is 1. The lowest BCUT2D eigenvalue weighted by molar-refractivity contribution is 0.190. The van der Waals surface area contributed by atoms with E-state index in [9.17, 15) is 9.50 Å². The number of H-pyrrole nitrogens is 2. The predicted molar refractivity (Wildman–Crippen MR) is 151 cm³/mol. The summed E-state index contributed by atoms with van der Waals surface area (Å²) in [4.78, 5) is 7.88. The van der Waals surface area contributed by atoms with Gasteiger partial charge in [-0.1, -0.05) is 43.7 Å².